The van der Waals surface area contributed by atoms with Crippen LogP contribution in [0.2, 0.25) is 0 Å². The zero-order valence-electron chi connectivity index (χ0n) is 18.8. The summed E-state index contributed by atoms with van der Waals surface area (Å²) in [6, 6.07) is 7.46. The van der Waals surface area contributed by atoms with E-state index in [2.05, 4.69) is 4.98 Å². The maximum Gasteiger partial charge on any atom is 0.410 e. The van der Waals surface area contributed by atoms with Crippen LogP contribution in [0.15, 0.2) is 41.5 Å². The Bertz CT molecular complexity index is 1070. The first-order valence-corrected chi connectivity index (χ1v) is 11.0. The molecule has 32 heavy (non-hydrogen) atoms. The summed E-state index contributed by atoms with van der Waals surface area (Å²) < 4.78 is 21.0. The van der Waals surface area contributed by atoms with E-state index in [4.69, 9.17) is 4.74 Å². The quantitative estimate of drug-likeness (QED) is 0.784. The fourth-order valence-corrected chi connectivity index (χ4v) is 4.78. The van der Waals surface area contributed by atoms with Crippen molar-refractivity contribution in [2.24, 2.45) is 5.41 Å². The molecule has 1 N–H and O–H groups in total. The summed E-state index contributed by atoms with van der Waals surface area (Å²) in [4.78, 5) is 31.3. The Labute approximate surface area is 186 Å². The molecule has 0 radical (unpaired) electrons. The van der Waals surface area contributed by atoms with E-state index in [0.29, 0.717) is 19.5 Å². The number of nitrogens with zero attached hydrogens (tertiary/aromatic N) is 3. The molecule has 2 fully saturated rings. The molecular weight excluding hydrogens is 413 g/mol. The van der Waals surface area contributed by atoms with Gasteiger partial charge in [0.05, 0.1) is 24.2 Å². The number of ether oxygens (including phenoxy) is 1. The highest BCUT2D eigenvalue weighted by Gasteiger charge is 2.58. The van der Waals surface area contributed by atoms with Crippen LogP contribution in [0, 0.1) is 11.2 Å². The van der Waals surface area contributed by atoms with Gasteiger partial charge in [-0.3, -0.25) is 9.36 Å². The van der Waals surface area contributed by atoms with Gasteiger partial charge in [0.15, 0.2) is 0 Å². The highest BCUT2D eigenvalue weighted by molar-refractivity contribution is 5.68. The van der Waals surface area contributed by atoms with E-state index < -0.39 is 22.4 Å². The first-order valence-electron chi connectivity index (χ1n) is 11.0. The van der Waals surface area contributed by atoms with Gasteiger partial charge in [-0.05, 0) is 52.2 Å². The minimum absolute atomic E-state index is 0.0819. The maximum absolute atomic E-state index is 14.1. The van der Waals surface area contributed by atoms with Crippen LogP contribution in [0.25, 0.3) is 11.3 Å². The Balaban J connectivity index is 1.55. The number of piperidine rings is 1. The molecule has 1 aliphatic heterocycles. The Kier molecular flexibility index (Phi) is 5.61. The van der Waals surface area contributed by atoms with Crippen LogP contribution in [-0.2, 0) is 11.3 Å². The lowest BCUT2D eigenvalue weighted by Crippen LogP contribution is -2.65. The van der Waals surface area contributed by atoms with E-state index >= 15 is 0 Å². The molecule has 1 aromatic carbocycles. The van der Waals surface area contributed by atoms with Gasteiger partial charge in [-0.1, -0.05) is 18.6 Å². The lowest BCUT2D eigenvalue weighted by atomic mass is 9.55. The molecule has 1 amide bonds. The van der Waals surface area contributed by atoms with Crippen molar-refractivity contribution in [1.29, 1.82) is 0 Å². The van der Waals surface area contributed by atoms with Crippen molar-refractivity contribution in [3.05, 3.63) is 52.8 Å². The van der Waals surface area contributed by atoms with Gasteiger partial charge >= 0.3 is 6.09 Å². The number of carbonyl (C=O) groups excluding carboxylic acids is 1. The van der Waals surface area contributed by atoms with E-state index in [9.17, 15) is 19.1 Å². The van der Waals surface area contributed by atoms with E-state index in [1.165, 1.54) is 23.0 Å². The number of likely N-dealkylation sites (tertiary alicyclic amines) is 1. The van der Waals surface area contributed by atoms with E-state index in [0.717, 1.165) is 19.3 Å². The van der Waals surface area contributed by atoms with Crippen LogP contribution < -0.4 is 5.56 Å². The lowest BCUT2D eigenvalue weighted by molar-refractivity contribution is -0.177. The van der Waals surface area contributed by atoms with Crippen molar-refractivity contribution < 1.29 is 19.0 Å². The third-order valence-corrected chi connectivity index (χ3v) is 6.70. The number of aromatic nitrogens is 2. The van der Waals surface area contributed by atoms with Crippen LogP contribution in [0.4, 0.5) is 9.18 Å². The molecule has 7 nitrogen and oxygen atoms in total. The topological polar surface area (TPSA) is 84.7 Å². The molecule has 172 valence electrons. The van der Waals surface area contributed by atoms with Crippen LogP contribution in [-0.4, -0.2) is 49.9 Å². The molecular formula is C24H30FN3O4. The van der Waals surface area contributed by atoms with Crippen molar-refractivity contribution >= 4 is 6.09 Å². The SMILES string of the molecule is CC(C)(C)OC(=O)N1CCC(O)(Cn2cnc(-c3ccccc3F)cc2=O)C2(CCC2)C1. The molecule has 0 bridgehead atoms. The molecule has 1 saturated heterocycles. The number of hydrogen-bond donors (Lipinski definition) is 1. The van der Waals surface area contributed by atoms with Crippen molar-refractivity contribution in [2.45, 2.75) is 64.2 Å². The minimum Gasteiger partial charge on any atom is -0.444 e. The molecule has 8 heteroatoms. The second-order valence-corrected chi connectivity index (χ2v) is 10.0. The summed E-state index contributed by atoms with van der Waals surface area (Å²) in [5, 5.41) is 11.7. The molecule has 2 heterocycles. The first kappa shape index (κ1) is 22.5. The zero-order valence-corrected chi connectivity index (χ0v) is 18.8. The standard InChI is InChI=1S/C24H30FN3O4/c1-22(2,3)32-21(30)27-12-11-24(31,23(14-27)9-6-10-23)15-28-16-26-19(13-20(28)29)17-7-4-5-8-18(17)25/h4-5,7-8,13,16,31H,6,9-12,14-15H2,1-3H3. The molecule has 1 spiro atoms. The zero-order chi connectivity index (χ0) is 23.1. The molecule has 1 saturated carbocycles. The van der Waals surface area contributed by atoms with E-state index in [1.807, 2.05) is 20.8 Å². The average molecular weight is 444 g/mol. The Morgan fingerprint density at radius 3 is 2.56 bits per heavy atom. The Hall–Kier alpha value is -2.74. The van der Waals surface area contributed by atoms with Gasteiger partial charge in [0, 0.05) is 30.1 Å². The fraction of sp³-hybridized carbons (Fsp3) is 0.542. The van der Waals surface area contributed by atoms with Gasteiger partial charge in [-0.15, -0.1) is 0 Å². The van der Waals surface area contributed by atoms with Crippen LogP contribution in [0.1, 0.15) is 46.5 Å². The molecule has 2 aromatic rings. The van der Waals surface area contributed by atoms with Gasteiger partial charge in [-0.2, -0.15) is 0 Å². The third-order valence-electron chi connectivity index (χ3n) is 6.70. The predicted molar refractivity (Wildman–Crippen MR) is 118 cm³/mol. The summed E-state index contributed by atoms with van der Waals surface area (Å²) in [5.41, 5.74) is -2.04. The van der Waals surface area contributed by atoms with Crippen LogP contribution >= 0.6 is 0 Å². The van der Waals surface area contributed by atoms with Crippen molar-refractivity contribution in [2.75, 3.05) is 13.1 Å². The van der Waals surface area contributed by atoms with Crippen molar-refractivity contribution in [3.63, 3.8) is 0 Å². The summed E-state index contributed by atoms with van der Waals surface area (Å²) >= 11 is 0. The molecule has 1 atom stereocenters. The second-order valence-electron chi connectivity index (χ2n) is 10.0. The average Bonchev–Trinajstić information content (AvgIpc) is 2.67. The van der Waals surface area contributed by atoms with Gasteiger partial charge in [-0.25, -0.2) is 14.2 Å². The summed E-state index contributed by atoms with van der Waals surface area (Å²) in [6.07, 6.45) is 3.85. The van der Waals surface area contributed by atoms with Crippen LogP contribution in [0.3, 0.4) is 0 Å². The summed E-state index contributed by atoms with van der Waals surface area (Å²) in [7, 11) is 0. The Morgan fingerprint density at radius 1 is 1.25 bits per heavy atom. The van der Waals surface area contributed by atoms with Gasteiger partial charge in [0.1, 0.15) is 11.4 Å². The molecule has 2 aliphatic rings. The number of amides is 1. The molecule has 4 rings (SSSR count). The number of halogens is 1. The number of benzene rings is 1. The van der Waals surface area contributed by atoms with Gasteiger partial charge in [0.25, 0.3) is 5.56 Å². The normalized spacial score (nSPS) is 22.5. The second kappa shape index (κ2) is 7.99. The maximum atomic E-state index is 14.1. The number of rotatable bonds is 3. The first-order chi connectivity index (χ1) is 15.0. The Morgan fingerprint density at radius 2 is 1.97 bits per heavy atom. The highest BCUT2D eigenvalue weighted by atomic mass is 19.1. The summed E-state index contributed by atoms with van der Waals surface area (Å²) in [6.45, 7) is 6.31. The van der Waals surface area contributed by atoms with Crippen molar-refractivity contribution in [3.8, 4) is 11.3 Å². The number of aliphatic hydroxyl groups is 1. The summed E-state index contributed by atoms with van der Waals surface area (Å²) in [5.74, 6) is -0.446. The minimum atomic E-state index is -1.14. The largest absolute Gasteiger partial charge is 0.444 e. The van der Waals surface area contributed by atoms with Crippen LogP contribution in [0.5, 0.6) is 0 Å². The fourth-order valence-electron chi connectivity index (χ4n) is 4.78. The van der Waals surface area contributed by atoms with Gasteiger partial charge < -0.3 is 14.7 Å². The predicted octanol–water partition coefficient (Wildman–Crippen LogP) is 3.59. The van der Waals surface area contributed by atoms with E-state index in [1.54, 1.807) is 23.1 Å². The van der Waals surface area contributed by atoms with E-state index in [-0.39, 0.29) is 29.5 Å². The number of hydrogen-bond acceptors (Lipinski definition) is 5. The smallest absolute Gasteiger partial charge is 0.410 e. The molecule has 1 unspecified atom stereocenters. The third kappa shape index (κ3) is 4.16. The molecule has 1 aromatic heterocycles. The lowest BCUT2D eigenvalue weighted by Gasteiger charge is -2.58. The monoisotopic (exact) mass is 443 g/mol. The molecule has 1 aliphatic carbocycles. The van der Waals surface area contributed by atoms with Crippen molar-refractivity contribution in [1.82, 2.24) is 14.5 Å². The van der Waals surface area contributed by atoms with Gasteiger partial charge in [0.2, 0.25) is 0 Å². The highest BCUT2D eigenvalue weighted by Crippen LogP contribution is 2.54. The number of carbonyl (C=O) groups is 1.